The molecule has 0 saturated carbocycles. The topological polar surface area (TPSA) is 84.6 Å². The molecular weight excluding hydrogens is 251 g/mol. The number of carbonyl (C=O) groups is 1. The zero-order valence-electron chi connectivity index (χ0n) is 10.6. The predicted octanol–water partition coefficient (Wildman–Crippen LogP) is 1.94. The van der Waals surface area contributed by atoms with Gasteiger partial charge in [-0.15, -0.1) is 0 Å². The molecule has 1 saturated heterocycles. The van der Waals surface area contributed by atoms with E-state index in [0.29, 0.717) is 24.8 Å². The molecule has 2 atom stereocenters. The maximum atomic E-state index is 13.3. The summed E-state index contributed by atoms with van der Waals surface area (Å²) >= 11 is 0. The minimum atomic E-state index is -1.24. The molecule has 0 radical (unpaired) electrons. The minimum Gasteiger partial charge on any atom is -0.478 e. The molecule has 1 aliphatic rings. The Balaban J connectivity index is 2.16. The lowest BCUT2D eigenvalue weighted by Gasteiger charge is -2.17. The zero-order valence-corrected chi connectivity index (χ0v) is 10.6. The molecule has 1 aromatic carbocycles. The van der Waals surface area contributed by atoms with Gasteiger partial charge in [0.15, 0.2) is 0 Å². The second kappa shape index (κ2) is 5.44. The maximum Gasteiger partial charge on any atom is 0.340 e. The quantitative estimate of drug-likeness (QED) is 0.727. The highest BCUT2D eigenvalue weighted by molar-refractivity contribution is 6.00. The van der Waals surface area contributed by atoms with Crippen LogP contribution >= 0.6 is 0 Å². The average Bonchev–Trinajstić information content (AvgIpc) is 2.76. The number of benzene rings is 1. The van der Waals surface area contributed by atoms with Crippen molar-refractivity contribution in [1.82, 2.24) is 0 Å². The van der Waals surface area contributed by atoms with Crippen molar-refractivity contribution in [2.75, 3.05) is 24.2 Å². The van der Waals surface area contributed by atoms with E-state index in [0.717, 1.165) is 6.42 Å². The summed E-state index contributed by atoms with van der Waals surface area (Å²) < 4.78 is 18.7. The van der Waals surface area contributed by atoms with E-state index in [1.54, 1.807) is 0 Å². The number of carboxylic acids is 1. The Labute approximate surface area is 110 Å². The van der Waals surface area contributed by atoms with Gasteiger partial charge in [-0.25, -0.2) is 9.18 Å². The van der Waals surface area contributed by atoms with Gasteiger partial charge in [0.2, 0.25) is 0 Å². The highest BCUT2D eigenvalue weighted by Gasteiger charge is 2.25. The minimum absolute atomic E-state index is 0.138. The summed E-state index contributed by atoms with van der Waals surface area (Å²) in [7, 11) is 0. The van der Waals surface area contributed by atoms with Crippen molar-refractivity contribution in [2.45, 2.75) is 19.4 Å². The third-order valence-electron chi connectivity index (χ3n) is 3.49. The second-order valence-electron chi connectivity index (χ2n) is 4.69. The van der Waals surface area contributed by atoms with Gasteiger partial charge in [0, 0.05) is 19.1 Å². The third kappa shape index (κ3) is 2.78. The Hall–Kier alpha value is -1.82. The van der Waals surface area contributed by atoms with E-state index in [1.165, 1.54) is 12.1 Å². The fourth-order valence-corrected chi connectivity index (χ4v) is 2.26. The molecule has 0 aliphatic carbocycles. The molecule has 0 bridgehead atoms. The Morgan fingerprint density at radius 3 is 2.95 bits per heavy atom. The number of nitrogens with one attached hydrogen (secondary N) is 1. The average molecular weight is 268 g/mol. The highest BCUT2D eigenvalue weighted by Crippen LogP contribution is 2.27. The normalized spacial score (nSPS) is 22.4. The third-order valence-corrected chi connectivity index (χ3v) is 3.49. The monoisotopic (exact) mass is 268 g/mol. The molecule has 5 nitrogen and oxygen atoms in total. The summed E-state index contributed by atoms with van der Waals surface area (Å²) in [6.07, 6.45) is 1.06. The van der Waals surface area contributed by atoms with Gasteiger partial charge in [-0.3, -0.25) is 0 Å². The van der Waals surface area contributed by atoms with Crippen LogP contribution in [0.1, 0.15) is 23.7 Å². The molecule has 0 spiro atoms. The molecule has 4 N–H and O–H groups in total. The first-order chi connectivity index (χ1) is 9.00. The van der Waals surface area contributed by atoms with Crippen molar-refractivity contribution in [3.63, 3.8) is 0 Å². The fourth-order valence-electron chi connectivity index (χ4n) is 2.26. The van der Waals surface area contributed by atoms with Gasteiger partial charge in [-0.1, -0.05) is 0 Å². The van der Waals surface area contributed by atoms with Crippen LogP contribution < -0.4 is 11.1 Å². The summed E-state index contributed by atoms with van der Waals surface area (Å²) in [4.78, 5) is 11.1. The molecule has 1 heterocycles. The molecular formula is C13H17FN2O3. The molecule has 1 aromatic rings. The Bertz CT molecular complexity index is 493. The summed E-state index contributed by atoms with van der Waals surface area (Å²) in [6, 6.07) is 2.56. The van der Waals surface area contributed by atoms with E-state index in [9.17, 15) is 9.18 Å². The van der Waals surface area contributed by atoms with Gasteiger partial charge >= 0.3 is 5.97 Å². The van der Waals surface area contributed by atoms with Crippen molar-refractivity contribution < 1.29 is 19.0 Å². The van der Waals surface area contributed by atoms with Crippen LogP contribution in [0.2, 0.25) is 0 Å². The number of anilines is 2. The lowest BCUT2D eigenvalue weighted by atomic mass is 10.0. The van der Waals surface area contributed by atoms with Gasteiger partial charge in [-0.05, 0) is 25.5 Å². The fraction of sp³-hybridized carbons (Fsp3) is 0.462. The Morgan fingerprint density at radius 2 is 2.37 bits per heavy atom. The van der Waals surface area contributed by atoms with Crippen molar-refractivity contribution >= 4 is 17.3 Å². The van der Waals surface area contributed by atoms with Gasteiger partial charge in [0.05, 0.1) is 17.5 Å². The first kappa shape index (κ1) is 13.6. The van der Waals surface area contributed by atoms with E-state index < -0.39 is 11.8 Å². The molecule has 1 fully saturated rings. The largest absolute Gasteiger partial charge is 0.478 e. The number of nitrogens with two attached hydrogens (primary N) is 1. The lowest BCUT2D eigenvalue weighted by Crippen LogP contribution is -2.22. The Kier molecular flexibility index (Phi) is 3.90. The molecule has 0 amide bonds. The smallest absolute Gasteiger partial charge is 0.340 e. The van der Waals surface area contributed by atoms with Gasteiger partial charge in [0.25, 0.3) is 0 Å². The van der Waals surface area contributed by atoms with Crippen LogP contribution in [0.25, 0.3) is 0 Å². The molecule has 6 heteroatoms. The van der Waals surface area contributed by atoms with Crippen LogP contribution in [-0.2, 0) is 4.74 Å². The van der Waals surface area contributed by atoms with Crippen molar-refractivity contribution in [1.29, 1.82) is 0 Å². The first-order valence-corrected chi connectivity index (χ1v) is 6.17. The molecule has 2 unspecified atom stereocenters. The van der Waals surface area contributed by atoms with E-state index in [-0.39, 0.29) is 17.4 Å². The number of hydrogen-bond donors (Lipinski definition) is 3. The van der Waals surface area contributed by atoms with E-state index in [4.69, 9.17) is 15.6 Å². The van der Waals surface area contributed by atoms with Crippen molar-refractivity contribution in [3.8, 4) is 0 Å². The van der Waals surface area contributed by atoms with E-state index in [2.05, 4.69) is 5.32 Å². The van der Waals surface area contributed by atoms with Crippen LogP contribution in [0.4, 0.5) is 15.8 Å². The Morgan fingerprint density at radius 1 is 1.63 bits per heavy atom. The van der Waals surface area contributed by atoms with E-state index >= 15 is 0 Å². The van der Waals surface area contributed by atoms with Crippen molar-refractivity contribution in [2.24, 2.45) is 5.92 Å². The van der Waals surface area contributed by atoms with Crippen LogP contribution in [0.3, 0.4) is 0 Å². The number of aromatic carboxylic acids is 1. The summed E-state index contributed by atoms with van der Waals surface area (Å²) in [6.45, 7) is 3.27. The number of carboxylic acid groups (broad SMARTS) is 1. The standard InChI is InChI=1S/C13H17FN2O3/c1-7-8(4-5-19-7)6-16-10-3-2-9(14)12(15)11(10)13(17)18/h2-3,7-8,16H,4-6,15H2,1H3,(H,17,18). The number of nitrogen functional groups attached to an aromatic ring is 1. The summed E-state index contributed by atoms with van der Waals surface area (Å²) in [5, 5.41) is 12.1. The number of halogens is 1. The van der Waals surface area contributed by atoms with Crippen LogP contribution in [0.15, 0.2) is 12.1 Å². The summed E-state index contributed by atoms with van der Waals surface area (Å²) in [5.41, 5.74) is 5.26. The van der Waals surface area contributed by atoms with Crippen LogP contribution in [-0.4, -0.2) is 30.3 Å². The lowest BCUT2D eigenvalue weighted by molar-refractivity contribution is 0.0698. The van der Waals surface area contributed by atoms with Gasteiger partial charge in [0.1, 0.15) is 11.4 Å². The highest BCUT2D eigenvalue weighted by atomic mass is 19.1. The second-order valence-corrected chi connectivity index (χ2v) is 4.69. The zero-order chi connectivity index (χ0) is 14.0. The molecule has 2 rings (SSSR count). The van der Waals surface area contributed by atoms with Crippen molar-refractivity contribution in [3.05, 3.63) is 23.5 Å². The SMILES string of the molecule is CC1OCCC1CNc1ccc(F)c(N)c1C(=O)O. The number of rotatable bonds is 4. The molecule has 1 aliphatic heterocycles. The van der Waals surface area contributed by atoms with E-state index in [1.807, 2.05) is 6.92 Å². The predicted molar refractivity (Wildman–Crippen MR) is 69.8 cm³/mol. The number of hydrogen-bond acceptors (Lipinski definition) is 4. The first-order valence-electron chi connectivity index (χ1n) is 6.17. The molecule has 104 valence electrons. The van der Waals surface area contributed by atoms with Gasteiger partial charge < -0.3 is 20.9 Å². The molecule has 19 heavy (non-hydrogen) atoms. The number of ether oxygens (including phenoxy) is 1. The maximum absolute atomic E-state index is 13.3. The molecule has 0 aromatic heterocycles. The van der Waals surface area contributed by atoms with Crippen LogP contribution in [0, 0.1) is 11.7 Å². The van der Waals surface area contributed by atoms with Gasteiger partial charge in [-0.2, -0.15) is 0 Å². The summed E-state index contributed by atoms with van der Waals surface area (Å²) in [5.74, 6) is -1.65. The van der Waals surface area contributed by atoms with Crippen LogP contribution in [0.5, 0.6) is 0 Å².